The van der Waals surface area contributed by atoms with Crippen LogP contribution in [0, 0.1) is 5.92 Å². The molecule has 0 aromatic carbocycles. The first kappa shape index (κ1) is 12.6. The molecule has 1 atom stereocenters. The molecule has 5 heteroatoms. The maximum atomic E-state index is 11.2. The van der Waals surface area contributed by atoms with E-state index in [1.165, 1.54) is 12.8 Å². The summed E-state index contributed by atoms with van der Waals surface area (Å²) >= 11 is 0. The summed E-state index contributed by atoms with van der Waals surface area (Å²) in [6, 6.07) is 0. The maximum Gasteiger partial charge on any atom is 0.233 e. The van der Waals surface area contributed by atoms with Gasteiger partial charge in [0.15, 0.2) is 0 Å². The lowest BCUT2D eigenvalue weighted by atomic mass is 10.4. The highest BCUT2D eigenvalue weighted by Gasteiger charge is 2.20. The molecule has 0 aromatic rings. The first-order valence-electron chi connectivity index (χ1n) is 5.46. The number of rotatable bonds is 8. The van der Waals surface area contributed by atoms with Crippen LogP contribution in [0.4, 0.5) is 0 Å². The molecule has 1 aliphatic carbocycles. The number of amides is 1. The Morgan fingerprint density at radius 3 is 2.80 bits per heavy atom. The molecule has 1 saturated carbocycles. The van der Waals surface area contributed by atoms with Gasteiger partial charge < -0.3 is 10.6 Å². The van der Waals surface area contributed by atoms with Crippen LogP contribution in [-0.4, -0.2) is 41.8 Å². The zero-order valence-corrected chi connectivity index (χ0v) is 10.1. The maximum absolute atomic E-state index is 11.2. The van der Waals surface area contributed by atoms with E-state index in [0.29, 0.717) is 18.8 Å². The molecule has 1 rings (SSSR count). The van der Waals surface area contributed by atoms with Gasteiger partial charge in [-0.15, -0.1) is 0 Å². The Bertz CT molecular complexity index is 229. The molecule has 0 heterocycles. The Morgan fingerprint density at radius 1 is 1.47 bits per heavy atom. The largest absolute Gasteiger partial charge is 0.355 e. The molecule has 0 aliphatic heterocycles. The van der Waals surface area contributed by atoms with E-state index in [0.717, 1.165) is 18.9 Å². The normalized spacial score (nSPS) is 17.4. The van der Waals surface area contributed by atoms with Crippen molar-refractivity contribution in [2.75, 3.05) is 31.6 Å². The Balaban J connectivity index is 1.86. The highest BCUT2D eigenvalue weighted by molar-refractivity contribution is 7.84. The number of nitrogens with one attached hydrogen (secondary N) is 2. The predicted molar refractivity (Wildman–Crippen MR) is 62.2 cm³/mol. The van der Waals surface area contributed by atoms with E-state index in [1.807, 2.05) is 0 Å². The number of carbonyl (C=O) groups is 1. The van der Waals surface area contributed by atoms with Crippen molar-refractivity contribution in [1.82, 2.24) is 10.6 Å². The van der Waals surface area contributed by atoms with Crippen molar-refractivity contribution in [3.63, 3.8) is 0 Å². The number of hydrogen-bond donors (Lipinski definition) is 2. The zero-order chi connectivity index (χ0) is 11.1. The van der Waals surface area contributed by atoms with Gasteiger partial charge in [0.05, 0.1) is 6.54 Å². The second kappa shape index (κ2) is 6.95. The molecule has 1 fully saturated rings. The molecule has 0 bridgehead atoms. The Labute approximate surface area is 93.7 Å². The molecule has 4 nitrogen and oxygen atoms in total. The molecule has 88 valence electrons. The van der Waals surface area contributed by atoms with E-state index < -0.39 is 10.8 Å². The van der Waals surface area contributed by atoms with Crippen LogP contribution in [0.25, 0.3) is 0 Å². The van der Waals surface area contributed by atoms with Crippen LogP contribution in [0.15, 0.2) is 0 Å². The molecule has 1 amide bonds. The molecule has 0 spiro atoms. The smallest absolute Gasteiger partial charge is 0.233 e. The van der Waals surface area contributed by atoms with Crippen molar-refractivity contribution in [2.24, 2.45) is 5.92 Å². The van der Waals surface area contributed by atoms with Crippen LogP contribution in [-0.2, 0) is 15.6 Å². The van der Waals surface area contributed by atoms with Crippen LogP contribution in [0.5, 0.6) is 0 Å². The lowest BCUT2D eigenvalue weighted by molar-refractivity contribution is -0.120. The molecule has 0 radical (unpaired) electrons. The number of carbonyl (C=O) groups excluding carboxylic acids is 1. The van der Waals surface area contributed by atoms with Crippen LogP contribution in [0.2, 0.25) is 0 Å². The van der Waals surface area contributed by atoms with E-state index in [9.17, 15) is 9.00 Å². The number of hydrogen-bond acceptors (Lipinski definition) is 3. The van der Waals surface area contributed by atoms with Gasteiger partial charge in [0, 0.05) is 29.4 Å². The Hall–Kier alpha value is -0.420. The van der Waals surface area contributed by atoms with E-state index in [1.54, 1.807) is 6.26 Å². The predicted octanol–water partition coefficient (Wildman–Crippen LogP) is -0.129. The summed E-state index contributed by atoms with van der Waals surface area (Å²) in [6.45, 7) is 2.00. The van der Waals surface area contributed by atoms with Crippen molar-refractivity contribution in [1.29, 1.82) is 0 Å². The molecule has 15 heavy (non-hydrogen) atoms. The summed E-state index contributed by atoms with van der Waals surface area (Å²) in [7, 11) is -0.750. The molecule has 1 aliphatic rings. The second-order valence-corrected chi connectivity index (χ2v) is 5.61. The van der Waals surface area contributed by atoms with E-state index in [-0.39, 0.29) is 5.91 Å². The van der Waals surface area contributed by atoms with Gasteiger partial charge in [0.2, 0.25) is 5.91 Å². The standard InChI is InChI=1S/C10H20N2O2S/c1-15(14)6-2-5-12-10(13)8-11-7-9-3-4-9/h9,11H,2-8H2,1H3,(H,12,13). The fourth-order valence-electron chi connectivity index (χ4n) is 1.28. The molecule has 2 N–H and O–H groups in total. The molecule has 0 saturated heterocycles. The minimum Gasteiger partial charge on any atom is -0.355 e. The third kappa shape index (κ3) is 7.50. The fourth-order valence-corrected chi connectivity index (χ4v) is 1.83. The van der Waals surface area contributed by atoms with E-state index in [2.05, 4.69) is 10.6 Å². The van der Waals surface area contributed by atoms with Gasteiger partial charge in [-0.05, 0) is 31.7 Å². The highest BCUT2D eigenvalue weighted by Crippen LogP contribution is 2.27. The van der Waals surface area contributed by atoms with Gasteiger partial charge >= 0.3 is 0 Å². The summed E-state index contributed by atoms with van der Waals surface area (Å²) in [6.07, 6.45) is 5.07. The van der Waals surface area contributed by atoms with Crippen LogP contribution in [0.3, 0.4) is 0 Å². The van der Waals surface area contributed by atoms with E-state index in [4.69, 9.17) is 0 Å². The molecule has 0 aromatic heterocycles. The van der Waals surface area contributed by atoms with Crippen molar-refractivity contribution < 1.29 is 9.00 Å². The molecular formula is C10H20N2O2S. The Morgan fingerprint density at radius 2 is 2.20 bits per heavy atom. The van der Waals surface area contributed by atoms with Gasteiger partial charge in [-0.3, -0.25) is 9.00 Å². The van der Waals surface area contributed by atoms with Gasteiger partial charge in [0.25, 0.3) is 0 Å². The second-order valence-electron chi connectivity index (χ2n) is 4.06. The summed E-state index contributed by atoms with van der Waals surface area (Å²) in [4.78, 5) is 11.2. The Kier molecular flexibility index (Phi) is 5.86. The van der Waals surface area contributed by atoms with Gasteiger partial charge in [-0.1, -0.05) is 0 Å². The van der Waals surface area contributed by atoms with E-state index >= 15 is 0 Å². The first-order valence-corrected chi connectivity index (χ1v) is 7.18. The van der Waals surface area contributed by atoms with Gasteiger partial charge in [0.1, 0.15) is 0 Å². The third-order valence-corrected chi connectivity index (χ3v) is 3.21. The monoisotopic (exact) mass is 232 g/mol. The highest BCUT2D eigenvalue weighted by atomic mass is 32.2. The third-order valence-electron chi connectivity index (χ3n) is 2.35. The molecular weight excluding hydrogens is 212 g/mol. The average Bonchev–Trinajstić information content (AvgIpc) is 2.96. The summed E-state index contributed by atoms with van der Waals surface area (Å²) in [5.74, 6) is 1.51. The first-order chi connectivity index (χ1) is 7.18. The minimum absolute atomic E-state index is 0.0394. The SMILES string of the molecule is CS(=O)CCCNC(=O)CNCC1CC1. The van der Waals surface area contributed by atoms with Crippen LogP contribution in [0.1, 0.15) is 19.3 Å². The van der Waals surface area contributed by atoms with Crippen LogP contribution < -0.4 is 10.6 Å². The zero-order valence-electron chi connectivity index (χ0n) is 9.25. The fraction of sp³-hybridized carbons (Fsp3) is 0.900. The van der Waals surface area contributed by atoms with Crippen molar-refractivity contribution in [2.45, 2.75) is 19.3 Å². The quantitative estimate of drug-likeness (QED) is 0.573. The average molecular weight is 232 g/mol. The van der Waals surface area contributed by atoms with Gasteiger partial charge in [-0.2, -0.15) is 0 Å². The van der Waals surface area contributed by atoms with Crippen LogP contribution >= 0.6 is 0 Å². The van der Waals surface area contributed by atoms with Crippen molar-refractivity contribution in [3.8, 4) is 0 Å². The van der Waals surface area contributed by atoms with Crippen molar-refractivity contribution in [3.05, 3.63) is 0 Å². The summed E-state index contributed by atoms with van der Waals surface area (Å²) in [5.41, 5.74) is 0. The summed E-state index contributed by atoms with van der Waals surface area (Å²) < 4.78 is 10.7. The topological polar surface area (TPSA) is 58.2 Å². The van der Waals surface area contributed by atoms with Gasteiger partial charge in [-0.25, -0.2) is 0 Å². The molecule has 1 unspecified atom stereocenters. The summed E-state index contributed by atoms with van der Waals surface area (Å²) in [5, 5.41) is 5.92. The lowest BCUT2D eigenvalue weighted by Gasteiger charge is -2.05. The van der Waals surface area contributed by atoms with Crippen molar-refractivity contribution >= 4 is 16.7 Å². The minimum atomic E-state index is -0.750. The lowest BCUT2D eigenvalue weighted by Crippen LogP contribution is -2.35.